The highest BCUT2D eigenvalue weighted by molar-refractivity contribution is 6.00. The van der Waals surface area contributed by atoms with E-state index in [-0.39, 0.29) is 0 Å². The van der Waals surface area contributed by atoms with Gasteiger partial charge in [-0.15, -0.1) is 0 Å². The first kappa shape index (κ1) is 8.94. The lowest BCUT2D eigenvalue weighted by Gasteiger charge is -2.02. The molecule has 0 saturated heterocycles. The molecule has 0 aliphatic rings. The molecule has 1 heteroatoms. The van der Waals surface area contributed by atoms with Crippen LogP contribution in [-0.2, 0) is 0 Å². The average molecular weight is 202 g/mol. The molecule has 73 valence electrons. The van der Waals surface area contributed by atoms with Gasteiger partial charge < -0.3 is 0 Å². The standard InChI is InChI=1S/C15H8N/c16-10-14-7-3-6-13-8-11-4-1-2-5-12(11)9-15(13)14/h1-3,5-9H. The molecule has 0 unspecified atom stereocenters. The Morgan fingerprint density at radius 3 is 2.75 bits per heavy atom. The van der Waals surface area contributed by atoms with Crippen molar-refractivity contribution in [3.63, 3.8) is 0 Å². The van der Waals surface area contributed by atoms with Crippen molar-refractivity contribution in [2.24, 2.45) is 0 Å². The third-order valence-electron chi connectivity index (χ3n) is 2.78. The van der Waals surface area contributed by atoms with Crippen LogP contribution in [0.3, 0.4) is 0 Å². The third kappa shape index (κ3) is 1.24. The Morgan fingerprint density at radius 2 is 1.88 bits per heavy atom. The van der Waals surface area contributed by atoms with E-state index >= 15 is 0 Å². The Kier molecular flexibility index (Phi) is 1.88. The lowest BCUT2D eigenvalue weighted by atomic mass is 10.0. The lowest BCUT2D eigenvalue weighted by Crippen LogP contribution is -1.80. The fourth-order valence-corrected chi connectivity index (χ4v) is 1.99. The van der Waals surface area contributed by atoms with Gasteiger partial charge in [-0.3, -0.25) is 0 Å². The molecule has 1 nitrogen and oxygen atoms in total. The summed E-state index contributed by atoms with van der Waals surface area (Å²) in [6.45, 7) is 0. The first-order valence-corrected chi connectivity index (χ1v) is 5.12. The number of fused-ring (bicyclic) bond motifs is 2. The van der Waals surface area contributed by atoms with Gasteiger partial charge in [0, 0.05) is 5.39 Å². The molecule has 16 heavy (non-hydrogen) atoms. The molecule has 0 amide bonds. The monoisotopic (exact) mass is 202 g/mol. The Hall–Kier alpha value is -2.33. The maximum Gasteiger partial charge on any atom is 0.0998 e. The second-order valence-corrected chi connectivity index (χ2v) is 3.75. The van der Waals surface area contributed by atoms with Crippen LogP contribution in [-0.4, -0.2) is 0 Å². The van der Waals surface area contributed by atoms with E-state index < -0.39 is 0 Å². The van der Waals surface area contributed by atoms with Crippen molar-refractivity contribution in [3.05, 3.63) is 60.2 Å². The van der Waals surface area contributed by atoms with Crippen LogP contribution in [0.4, 0.5) is 0 Å². The summed E-state index contributed by atoms with van der Waals surface area (Å²) >= 11 is 0. The predicted octanol–water partition coefficient (Wildman–Crippen LogP) is 3.66. The quantitative estimate of drug-likeness (QED) is 0.510. The van der Waals surface area contributed by atoms with E-state index in [0.717, 1.165) is 27.1 Å². The number of hydrogen-bond acceptors (Lipinski definition) is 1. The molecule has 0 aromatic heterocycles. The minimum absolute atomic E-state index is 0.725. The second kappa shape index (κ2) is 3.36. The molecule has 0 saturated carbocycles. The first-order chi connectivity index (χ1) is 7.88. The van der Waals surface area contributed by atoms with E-state index in [1.54, 1.807) is 0 Å². The lowest BCUT2D eigenvalue weighted by molar-refractivity contribution is 1.50. The van der Waals surface area contributed by atoms with Crippen molar-refractivity contribution in [3.8, 4) is 6.07 Å². The summed E-state index contributed by atoms with van der Waals surface area (Å²) in [6, 6.07) is 21.2. The summed E-state index contributed by atoms with van der Waals surface area (Å²) in [5.41, 5.74) is 0.725. The number of rotatable bonds is 0. The fraction of sp³-hybridized carbons (Fsp3) is 0. The van der Waals surface area contributed by atoms with E-state index in [1.807, 2.05) is 36.4 Å². The van der Waals surface area contributed by atoms with E-state index in [4.69, 9.17) is 5.26 Å². The topological polar surface area (TPSA) is 23.8 Å². The fourth-order valence-electron chi connectivity index (χ4n) is 1.99. The zero-order valence-electron chi connectivity index (χ0n) is 8.57. The van der Waals surface area contributed by atoms with Crippen molar-refractivity contribution < 1.29 is 0 Å². The minimum atomic E-state index is 0.725. The zero-order valence-corrected chi connectivity index (χ0v) is 8.57. The van der Waals surface area contributed by atoms with Gasteiger partial charge in [-0.25, -0.2) is 0 Å². The maximum absolute atomic E-state index is 9.05. The molecule has 3 aromatic carbocycles. The smallest absolute Gasteiger partial charge is 0.0998 e. The van der Waals surface area contributed by atoms with Crippen LogP contribution in [0.5, 0.6) is 0 Å². The maximum atomic E-state index is 9.05. The highest BCUT2D eigenvalue weighted by Gasteiger charge is 2.01. The SMILES string of the molecule is N#Cc1cccc2cc3[c]cccc3cc12. The van der Waals surface area contributed by atoms with Gasteiger partial charge in [0.15, 0.2) is 0 Å². The highest BCUT2D eigenvalue weighted by Crippen LogP contribution is 2.24. The minimum Gasteiger partial charge on any atom is -0.192 e. The molecule has 0 spiro atoms. The van der Waals surface area contributed by atoms with E-state index in [0.29, 0.717) is 0 Å². The van der Waals surface area contributed by atoms with Gasteiger partial charge in [0.1, 0.15) is 0 Å². The first-order valence-electron chi connectivity index (χ1n) is 5.12. The van der Waals surface area contributed by atoms with Crippen molar-refractivity contribution in [2.45, 2.75) is 0 Å². The van der Waals surface area contributed by atoms with Gasteiger partial charge in [0.2, 0.25) is 0 Å². The van der Waals surface area contributed by atoms with Crippen LogP contribution in [0.2, 0.25) is 0 Å². The van der Waals surface area contributed by atoms with Crippen molar-refractivity contribution >= 4 is 21.5 Å². The molecule has 0 aliphatic carbocycles. The van der Waals surface area contributed by atoms with Gasteiger partial charge in [-0.2, -0.15) is 5.26 Å². The molecule has 3 rings (SSSR count). The summed E-state index contributed by atoms with van der Waals surface area (Å²) in [7, 11) is 0. The van der Waals surface area contributed by atoms with Gasteiger partial charge in [-0.05, 0) is 40.4 Å². The Bertz CT molecular complexity index is 720. The molecule has 0 N–H and O–H groups in total. The second-order valence-electron chi connectivity index (χ2n) is 3.75. The summed E-state index contributed by atoms with van der Waals surface area (Å²) in [6.07, 6.45) is 0. The number of nitrogens with zero attached hydrogens (tertiary/aromatic N) is 1. The van der Waals surface area contributed by atoms with Crippen LogP contribution in [0.25, 0.3) is 21.5 Å². The molecular weight excluding hydrogens is 194 g/mol. The van der Waals surface area contributed by atoms with Crippen LogP contribution in [0.1, 0.15) is 5.56 Å². The van der Waals surface area contributed by atoms with E-state index in [1.165, 1.54) is 0 Å². The Morgan fingerprint density at radius 1 is 1.00 bits per heavy atom. The summed E-state index contributed by atoms with van der Waals surface area (Å²) in [5.74, 6) is 0. The molecule has 0 fully saturated rings. The van der Waals surface area contributed by atoms with Crippen molar-refractivity contribution in [1.29, 1.82) is 5.26 Å². The summed E-state index contributed by atoms with van der Waals surface area (Å²) < 4.78 is 0. The number of hydrogen-bond donors (Lipinski definition) is 0. The van der Waals surface area contributed by atoms with Crippen LogP contribution in [0, 0.1) is 17.4 Å². The highest BCUT2D eigenvalue weighted by atomic mass is 14.2. The largest absolute Gasteiger partial charge is 0.192 e. The molecule has 3 aromatic rings. The van der Waals surface area contributed by atoms with Gasteiger partial charge in [0.25, 0.3) is 0 Å². The summed E-state index contributed by atoms with van der Waals surface area (Å²) in [4.78, 5) is 0. The van der Waals surface area contributed by atoms with E-state index in [9.17, 15) is 0 Å². The van der Waals surface area contributed by atoms with Crippen LogP contribution >= 0.6 is 0 Å². The van der Waals surface area contributed by atoms with Crippen LogP contribution < -0.4 is 0 Å². The zero-order chi connectivity index (χ0) is 11.0. The number of benzene rings is 3. The predicted molar refractivity (Wildman–Crippen MR) is 65.0 cm³/mol. The van der Waals surface area contributed by atoms with E-state index in [2.05, 4.69) is 24.3 Å². The molecule has 0 atom stereocenters. The molecule has 1 radical (unpaired) electrons. The molecule has 0 heterocycles. The van der Waals surface area contributed by atoms with Gasteiger partial charge in [0.05, 0.1) is 11.6 Å². The Balaban J connectivity index is 2.52. The molecular formula is C15H8N. The van der Waals surface area contributed by atoms with Gasteiger partial charge >= 0.3 is 0 Å². The Labute approximate surface area is 93.6 Å². The van der Waals surface area contributed by atoms with Crippen molar-refractivity contribution in [2.75, 3.05) is 0 Å². The average Bonchev–Trinajstić information content (AvgIpc) is 2.35. The van der Waals surface area contributed by atoms with Crippen molar-refractivity contribution in [1.82, 2.24) is 0 Å². The van der Waals surface area contributed by atoms with Gasteiger partial charge in [-0.1, -0.05) is 30.3 Å². The van der Waals surface area contributed by atoms with Crippen LogP contribution in [0.15, 0.2) is 48.5 Å². The molecule has 0 bridgehead atoms. The molecule has 0 aliphatic heterocycles. The normalized spacial score (nSPS) is 10.4. The summed E-state index contributed by atoms with van der Waals surface area (Å²) in [5, 5.41) is 13.4. The number of nitriles is 1. The third-order valence-corrected chi connectivity index (χ3v) is 2.78.